The summed E-state index contributed by atoms with van der Waals surface area (Å²) in [6.07, 6.45) is 3.01. The van der Waals surface area contributed by atoms with E-state index in [2.05, 4.69) is 16.0 Å². The Morgan fingerprint density at radius 2 is 1.67 bits per heavy atom. The third kappa shape index (κ3) is 7.45. The molecule has 6 nitrogen and oxygen atoms in total. The first-order chi connectivity index (χ1) is 15.9. The second-order valence-electron chi connectivity index (χ2n) is 6.79. The smallest absolute Gasteiger partial charge is 0.257 e. The number of nitrogens with one attached hydrogen (secondary N) is 3. The molecule has 0 atom stereocenters. The van der Waals surface area contributed by atoms with Crippen LogP contribution in [-0.4, -0.2) is 23.5 Å². The molecular weight excluding hydrogens is 458 g/mol. The number of ether oxygens (including phenoxy) is 1. The predicted molar refractivity (Wildman–Crippen MR) is 137 cm³/mol. The van der Waals surface area contributed by atoms with E-state index < -0.39 is 5.91 Å². The maximum absolute atomic E-state index is 12.8. The largest absolute Gasteiger partial charge is 0.494 e. The molecule has 0 bridgehead atoms. The van der Waals surface area contributed by atoms with Gasteiger partial charge < -0.3 is 15.4 Å². The molecule has 3 rings (SSSR count). The zero-order chi connectivity index (χ0) is 23.6. The van der Waals surface area contributed by atoms with E-state index in [1.165, 1.54) is 6.08 Å². The van der Waals surface area contributed by atoms with E-state index in [-0.39, 0.29) is 11.0 Å². The maximum Gasteiger partial charge on any atom is 0.257 e. The summed E-state index contributed by atoms with van der Waals surface area (Å²) in [6, 6.07) is 21.0. The number of para-hydroxylation sites is 1. The van der Waals surface area contributed by atoms with E-state index in [1.54, 1.807) is 78.9 Å². The highest BCUT2D eigenvalue weighted by Crippen LogP contribution is 2.20. The molecule has 3 aromatic rings. The average molecular weight is 480 g/mol. The van der Waals surface area contributed by atoms with Crippen LogP contribution in [-0.2, 0) is 4.79 Å². The molecule has 0 aliphatic rings. The number of benzene rings is 3. The SMILES string of the molecule is CCOc1ccc(NC(=O)c2ccccc2NC(=S)NC(=O)/C=C/c2ccc(Cl)cc2)cc1. The molecule has 3 N–H and O–H groups in total. The Hall–Kier alpha value is -3.68. The monoisotopic (exact) mass is 479 g/mol. The molecule has 8 heteroatoms. The molecule has 0 saturated carbocycles. The summed E-state index contributed by atoms with van der Waals surface area (Å²) in [5.74, 6) is 0.00144. The summed E-state index contributed by atoms with van der Waals surface area (Å²) in [5.41, 5.74) is 2.29. The molecule has 33 heavy (non-hydrogen) atoms. The van der Waals surface area contributed by atoms with Gasteiger partial charge in [0.25, 0.3) is 5.91 Å². The summed E-state index contributed by atoms with van der Waals surface area (Å²) in [6.45, 7) is 2.47. The van der Waals surface area contributed by atoms with E-state index in [9.17, 15) is 9.59 Å². The molecule has 0 aliphatic carbocycles. The molecule has 2 amide bonds. The lowest BCUT2D eigenvalue weighted by Crippen LogP contribution is -2.33. The van der Waals surface area contributed by atoms with Gasteiger partial charge in [0.2, 0.25) is 5.91 Å². The van der Waals surface area contributed by atoms with E-state index in [4.69, 9.17) is 28.6 Å². The zero-order valence-electron chi connectivity index (χ0n) is 17.8. The van der Waals surface area contributed by atoms with Crippen molar-refractivity contribution >= 4 is 58.2 Å². The third-order valence-corrected chi connectivity index (χ3v) is 4.83. The van der Waals surface area contributed by atoms with Gasteiger partial charge in [0.15, 0.2) is 5.11 Å². The first-order valence-corrected chi connectivity index (χ1v) is 10.9. The first-order valence-electron chi connectivity index (χ1n) is 10.1. The van der Waals surface area contributed by atoms with Gasteiger partial charge in [0.05, 0.1) is 17.9 Å². The number of rotatable bonds is 7. The number of halogens is 1. The number of hydrogen-bond acceptors (Lipinski definition) is 4. The normalized spacial score (nSPS) is 10.5. The summed E-state index contributed by atoms with van der Waals surface area (Å²) in [5, 5.41) is 9.00. The van der Waals surface area contributed by atoms with E-state index in [0.717, 1.165) is 11.3 Å². The van der Waals surface area contributed by atoms with E-state index in [0.29, 0.717) is 28.6 Å². The van der Waals surface area contributed by atoms with Crippen LogP contribution < -0.4 is 20.7 Å². The Morgan fingerprint density at radius 3 is 2.36 bits per heavy atom. The number of anilines is 2. The van der Waals surface area contributed by atoms with Crippen LogP contribution in [0.25, 0.3) is 6.08 Å². The van der Waals surface area contributed by atoms with E-state index >= 15 is 0 Å². The number of carbonyl (C=O) groups excluding carboxylic acids is 2. The highest BCUT2D eigenvalue weighted by atomic mass is 35.5. The Bertz CT molecular complexity index is 1160. The van der Waals surface area contributed by atoms with Gasteiger partial charge in [-0.2, -0.15) is 0 Å². The Balaban J connectivity index is 1.60. The summed E-state index contributed by atoms with van der Waals surface area (Å²) in [7, 11) is 0. The van der Waals surface area contributed by atoms with Gasteiger partial charge in [-0.15, -0.1) is 0 Å². The molecule has 0 aliphatic heterocycles. The minimum absolute atomic E-state index is 0.0714. The van der Waals surface area contributed by atoms with Gasteiger partial charge in [-0.1, -0.05) is 35.9 Å². The highest BCUT2D eigenvalue weighted by Gasteiger charge is 2.13. The van der Waals surface area contributed by atoms with Gasteiger partial charge in [0, 0.05) is 16.8 Å². The molecule has 0 spiro atoms. The van der Waals surface area contributed by atoms with Crippen molar-refractivity contribution in [1.82, 2.24) is 5.32 Å². The van der Waals surface area contributed by atoms with Crippen LogP contribution in [0.15, 0.2) is 78.9 Å². The van der Waals surface area contributed by atoms with Crippen LogP contribution >= 0.6 is 23.8 Å². The predicted octanol–water partition coefficient (Wildman–Crippen LogP) is 5.52. The minimum atomic E-state index is -0.404. The van der Waals surface area contributed by atoms with Crippen LogP contribution in [0.5, 0.6) is 5.75 Å². The lowest BCUT2D eigenvalue weighted by molar-refractivity contribution is -0.115. The summed E-state index contributed by atoms with van der Waals surface area (Å²) in [4.78, 5) is 25.0. The Kier molecular flexibility index (Phi) is 8.57. The van der Waals surface area contributed by atoms with Crippen molar-refractivity contribution in [2.75, 3.05) is 17.2 Å². The molecule has 168 valence electrons. The molecule has 0 heterocycles. The highest BCUT2D eigenvalue weighted by molar-refractivity contribution is 7.80. The first kappa shape index (κ1) is 24.0. The molecular formula is C25H22ClN3O3S. The number of hydrogen-bond donors (Lipinski definition) is 3. The quantitative estimate of drug-likeness (QED) is 0.307. The third-order valence-electron chi connectivity index (χ3n) is 4.38. The van der Waals surface area contributed by atoms with Crippen molar-refractivity contribution in [3.63, 3.8) is 0 Å². The van der Waals surface area contributed by atoms with Gasteiger partial charge >= 0.3 is 0 Å². The van der Waals surface area contributed by atoms with Crippen LogP contribution in [0.2, 0.25) is 5.02 Å². The van der Waals surface area contributed by atoms with Gasteiger partial charge in [-0.05, 0) is 79.3 Å². The second kappa shape index (κ2) is 11.8. The molecule has 0 radical (unpaired) electrons. The number of thiocarbonyl (C=S) groups is 1. The molecule has 0 unspecified atom stereocenters. The van der Waals surface area contributed by atoms with Crippen molar-refractivity contribution in [3.8, 4) is 5.75 Å². The molecule has 0 aromatic heterocycles. The van der Waals surface area contributed by atoms with Crippen molar-refractivity contribution in [1.29, 1.82) is 0 Å². The van der Waals surface area contributed by atoms with Gasteiger partial charge in [-0.3, -0.25) is 14.9 Å². The molecule has 0 saturated heterocycles. The average Bonchev–Trinajstić information content (AvgIpc) is 2.80. The topological polar surface area (TPSA) is 79.5 Å². The number of amides is 2. The van der Waals surface area contributed by atoms with Crippen molar-refractivity contribution in [3.05, 3.63) is 95.0 Å². The number of carbonyl (C=O) groups is 2. The minimum Gasteiger partial charge on any atom is -0.494 e. The fraction of sp³-hybridized carbons (Fsp3) is 0.0800. The fourth-order valence-electron chi connectivity index (χ4n) is 2.84. The van der Waals surface area contributed by atoms with Gasteiger partial charge in [-0.25, -0.2) is 0 Å². The van der Waals surface area contributed by atoms with Crippen LogP contribution in [0.4, 0.5) is 11.4 Å². The van der Waals surface area contributed by atoms with E-state index in [1.807, 2.05) is 6.92 Å². The second-order valence-corrected chi connectivity index (χ2v) is 7.63. The Morgan fingerprint density at radius 1 is 0.970 bits per heavy atom. The fourth-order valence-corrected chi connectivity index (χ4v) is 3.18. The van der Waals surface area contributed by atoms with Crippen LogP contribution in [0, 0.1) is 0 Å². The van der Waals surface area contributed by atoms with Crippen molar-refractivity contribution < 1.29 is 14.3 Å². The van der Waals surface area contributed by atoms with Crippen LogP contribution in [0.3, 0.4) is 0 Å². The lowest BCUT2D eigenvalue weighted by Gasteiger charge is -2.13. The van der Waals surface area contributed by atoms with Crippen molar-refractivity contribution in [2.24, 2.45) is 0 Å². The summed E-state index contributed by atoms with van der Waals surface area (Å²) < 4.78 is 5.41. The molecule has 3 aromatic carbocycles. The molecule has 0 fully saturated rings. The standard InChI is InChI=1S/C25H22ClN3O3S/c1-2-32-20-14-12-19(13-15-20)27-24(31)21-5-3-4-6-22(21)28-25(33)29-23(30)16-9-17-7-10-18(26)11-8-17/h3-16H,2H2,1H3,(H,27,31)(H2,28,29,30,33)/b16-9+. The van der Waals surface area contributed by atoms with Gasteiger partial charge in [0.1, 0.15) is 5.75 Å². The summed E-state index contributed by atoms with van der Waals surface area (Å²) >= 11 is 11.1. The van der Waals surface area contributed by atoms with Crippen molar-refractivity contribution in [2.45, 2.75) is 6.92 Å². The maximum atomic E-state index is 12.8. The van der Waals surface area contributed by atoms with Crippen LogP contribution in [0.1, 0.15) is 22.8 Å². The lowest BCUT2D eigenvalue weighted by atomic mass is 10.1. The zero-order valence-corrected chi connectivity index (χ0v) is 19.4. The Labute approximate surface area is 202 Å².